The average molecular weight is 274 g/mol. The van der Waals surface area contributed by atoms with Crippen LogP contribution in [-0.2, 0) is 6.42 Å². The molecule has 0 atom stereocenters. The van der Waals surface area contributed by atoms with Crippen molar-refractivity contribution in [3.8, 4) is 0 Å². The number of carbonyl (C=O) groups is 1. The molecule has 100 valence electrons. The van der Waals surface area contributed by atoms with Crippen molar-refractivity contribution in [1.82, 2.24) is 0 Å². The number of aryl methyl sites for hydroxylation is 2. The summed E-state index contributed by atoms with van der Waals surface area (Å²) in [7, 11) is 0. The average Bonchev–Trinajstić information content (AvgIpc) is 2.87. The van der Waals surface area contributed by atoms with E-state index in [-0.39, 0.29) is 5.91 Å². The van der Waals surface area contributed by atoms with Gasteiger partial charge in [0, 0.05) is 11.4 Å². The van der Waals surface area contributed by atoms with Gasteiger partial charge in [-0.05, 0) is 54.5 Å². The van der Waals surface area contributed by atoms with Crippen LogP contribution in [0.5, 0.6) is 0 Å². The van der Waals surface area contributed by atoms with Gasteiger partial charge in [-0.2, -0.15) is 0 Å². The monoisotopic (exact) mass is 274 g/mol. The first-order valence-electron chi connectivity index (χ1n) is 6.28. The summed E-state index contributed by atoms with van der Waals surface area (Å²) in [5, 5.41) is 4.94. The Morgan fingerprint density at radius 1 is 1.32 bits per heavy atom. The van der Waals surface area contributed by atoms with Gasteiger partial charge in [0.15, 0.2) is 0 Å². The molecule has 0 aliphatic heterocycles. The van der Waals surface area contributed by atoms with Crippen LogP contribution in [0.1, 0.15) is 33.3 Å². The van der Waals surface area contributed by atoms with Crippen molar-refractivity contribution in [2.75, 3.05) is 11.1 Å². The molecule has 0 fully saturated rings. The molecule has 0 aliphatic rings. The Morgan fingerprint density at radius 2 is 2.05 bits per heavy atom. The lowest BCUT2D eigenvalue weighted by Crippen LogP contribution is -2.14. The predicted molar refractivity (Wildman–Crippen MR) is 82.0 cm³/mol. The second kappa shape index (κ2) is 5.45. The first kappa shape index (κ1) is 13.6. The highest BCUT2D eigenvalue weighted by molar-refractivity contribution is 7.12. The molecule has 0 spiro atoms. The summed E-state index contributed by atoms with van der Waals surface area (Å²) < 4.78 is 0. The molecule has 0 saturated heterocycles. The van der Waals surface area contributed by atoms with Crippen LogP contribution in [0.2, 0.25) is 0 Å². The largest absolute Gasteiger partial charge is 0.398 e. The molecule has 1 aromatic heterocycles. The smallest absolute Gasteiger partial charge is 0.266 e. The third-order valence-electron chi connectivity index (χ3n) is 3.29. The summed E-state index contributed by atoms with van der Waals surface area (Å²) in [4.78, 5) is 13.1. The Kier molecular flexibility index (Phi) is 3.90. The van der Waals surface area contributed by atoms with Gasteiger partial charge < -0.3 is 11.1 Å². The Labute approximate surface area is 117 Å². The summed E-state index contributed by atoms with van der Waals surface area (Å²) in [6, 6.07) is 5.79. The third kappa shape index (κ3) is 2.63. The van der Waals surface area contributed by atoms with E-state index in [9.17, 15) is 4.79 Å². The predicted octanol–water partition coefficient (Wildman–Crippen LogP) is 3.76. The number of nitrogens with two attached hydrogens (primary N) is 1. The highest BCUT2D eigenvalue weighted by Gasteiger charge is 2.15. The highest BCUT2D eigenvalue weighted by Crippen LogP contribution is 2.27. The number of rotatable bonds is 3. The molecule has 3 N–H and O–H groups in total. The van der Waals surface area contributed by atoms with Gasteiger partial charge in [-0.25, -0.2) is 0 Å². The van der Waals surface area contributed by atoms with Crippen LogP contribution >= 0.6 is 11.3 Å². The standard InChI is InChI=1S/C15H18N2OS/c1-4-11-7-8-19-14(11)15(18)17-13-9(2)5-6-12(16)10(13)3/h5-8H,4,16H2,1-3H3,(H,17,18). The lowest BCUT2D eigenvalue weighted by atomic mass is 10.1. The first-order chi connectivity index (χ1) is 9.04. The van der Waals surface area contributed by atoms with Crippen LogP contribution in [0, 0.1) is 13.8 Å². The van der Waals surface area contributed by atoms with Crippen molar-refractivity contribution in [3.05, 3.63) is 45.1 Å². The van der Waals surface area contributed by atoms with Gasteiger partial charge in [0.2, 0.25) is 0 Å². The molecular formula is C15H18N2OS. The van der Waals surface area contributed by atoms with Crippen LogP contribution in [0.25, 0.3) is 0 Å². The van der Waals surface area contributed by atoms with Gasteiger partial charge >= 0.3 is 0 Å². The van der Waals surface area contributed by atoms with Gasteiger partial charge in [0.1, 0.15) is 0 Å². The SMILES string of the molecule is CCc1ccsc1C(=O)Nc1c(C)ccc(N)c1C. The molecule has 3 nitrogen and oxygen atoms in total. The van der Waals surface area contributed by atoms with Crippen LogP contribution in [0.4, 0.5) is 11.4 Å². The maximum absolute atomic E-state index is 12.3. The van der Waals surface area contributed by atoms with E-state index in [1.807, 2.05) is 37.4 Å². The molecule has 0 aliphatic carbocycles. The molecule has 0 bridgehead atoms. The molecule has 0 unspecified atom stereocenters. The molecule has 2 aromatic rings. The van der Waals surface area contributed by atoms with E-state index in [0.717, 1.165) is 33.7 Å². The number of hydrogen-bond acceptors (Lipinski definition) is 3. The van der Waals surface area contributed by atoms with E-state index in [1.165, 1.54) is 11.3 Å². The Hall–Kier alpha value is -1.81. The number of hydrogen-bond donors (Lipinski definition) is 2. The van der Waals surface area contributed by atoms with Crippen molar-refractivity contribution in [2.24, 2.45) is 0 Å². The molecular weight excluding hydrogens is 256 g/mol. The quantitative estimate of drug-likeness (QED) is 0.837. The van der Waals surface area contributed by atoms with E-state index >= 15 is 0 Å². The van der Waals surface area contributed by atoms with Crippen molar-refractivity contribution in [2.45, 2.75) is 27.2 Å². The number of carbonyl (C=O) groups excluding carboxylic acids is 1. The minimum Gasteiger partial charge on any atom is -0.398 e. The van der Waals surface area contributed by atoms with Crippen LogP contribution < -0.4 is 11.1 Å². The Balaban J connectivity index is 2.32. The van der Waals surface area contributed by atoms with Crippen LogP contribution in [-0.4, -0.2) is 5.91 Å². The fourth-order valence-corrected chi connectivity index (χ4v) is 2.93. The molecule has 0 radical (unpaired) electrons. The van der Waals surface area contributed by atoms with Crippen molar-refractivity contribution in [1.29, 1.82) is 0 Å². The maximum atomic E-state index is 12.3. The first-order valence-corrected chi connectivity index (χ1v) is 7.16. The Morgan fingerprint density at radius 3 is 2.74 bits per heavy atom. The fourth-order valence-electron chi connectivity index (χ4n) is 2.04. The number of thiophene rings is 1. The van der Waals surface area contributed by atoms with Crippen molar-refractivity contribution in [3.63, 3.8) is 0 Å². The van der Waals surface area contributed by atoms with Gasteiger partial charge in [-0.3, -0.25) is 4.79 Å². The summed E-state index contributed by atoms with van der Waals surface area (Å²) in [6.45, 7) is 5.94. The fraction of sp³-hybridized carbons (Fsp3) is 0.267. The van der Waals surface area contributed by atoms with E-state index in [1.54, 1.807) is 0 Å². The summed E-state index contributed by atoms with van der Waals surface area (Å²) >= 11 is 1.47. The van der Waals surface area contributed by atoms with E-state index in [2.05, 4.69) is 12.2 Å². The van der Waals surface area contributed by atoms with Gasteiger partial charge in [0.25, 0.3) is 5.91 Å². The van der Waals surface area contributed by atoms with Crippen molar-refractivity contribution >= 4 is 28.6 Å². The van der Waals surface area contributed by atoms with Gasteiger partial charge in [0.05, 0.1) is 4.88 Å². The van der Waals surface area contributed by atoms with Gasteiger partial charge in [-0.1, -0.05) is 13.0 Å². The molecule has 1 amide bonds. The van der Waals surface area contributed by atoms with E-state index in [4.69, 9.17) is 5.73 Å². The minimum absolute atomic E-state index is 0.0522. The number of benzene rings is 1. The summed E-state index contributed by atoms with van der Waals surface area (Å²) in [6.07, 6.45) is 0.862. The topological polar surface area (TPSA) is 55.1 Å². The minimum atomic E-state index is -0.0522. The molecule has 19 heavy (non-hydrogen) atoms. The maximum Gasteiger partial charge on any atom is 0.266 e. The highest BCUT2D eigenvalue weighted by atomic mass is 32.1. The van der Waals surface area contributed by atoms with E-state index < -0.39 is 0 Å². The lowest BCUT2D eigenvalue weighted by molar-refractivity contribution is 0.102. The zero-order chi connectivity index (χ0) is 14.0. The zero-order valence-corrected chi connectivity index (χ0v) is 12.2. The van der Waals surface area contributed by atoms with E-state index in [0.29, 0.717) is 5.69 Å². The summed E-state index contributed by atoms with van der Waals surface area (Å²) in [5.41, 5.74) is 10.4. The zero-order valence-electron chi connectivity index (χ0n) is 11.4. The normalized spacial score (nSPS) is 10.5. The molecule has 2 rings (SSSR count). The third-order valence-corrected chi connectivity index (χ3v) is 4.24. The van der Waals surface area contributed by atoms with Crippen LogP contribution in [0.3, 0.4) is 0 Å². The number of nitrogens with one attached hydrogen (secondary N) is 1. The second-order valence-electron chi connectivity index (χ2n) is 4.55. The van der Waals surface area contributed by atoms with Gasteiger partial charge in [-0.15, -0.1) is 11.3 Å². The Bertz CT molecular complexity index is 617. The molecule has 1 heterocycles. The van der Waals surface area contributed by atoms with Crippen LogP contribution in [0.15, 0.2) is 23.6 Å². The molecule has 1 aromatic carbocycles. The van der Waals surface area contributed by atoms with Crippen molar-refractivity contribution < 1.29 is 4.79 Å². The molecule has 0 saturated carbocycles. The second-order valence-corrected chi connectivity index (χ2v) is 5.47. The lowest BCUT2D eigenvalue weighted by Gasteiger charge is -2.13. The molecule has 4 heteroatoms. The number of anilines is 2. The number of nitrogen functional groups attached to an aromatic ring is 1. The number of amides is 1. The summed E-state index contributed by atoms with van der Waals surface area (Å²) in [5.74, 6) is -0.0522.